The quantitative estimate of drug-likeness (QED) is 0.749. The van der Waals surface area contributed by atoms with E-state index in [2.05, 4.69) is 17.2 Å². The molecule has 0 saturated carbocycles. The van der Waals surface area contributed by atoms with Crippen LogP contribution in [0, 0.1) is 17.7 Å². The molecule has 1 unspecified atom stereocenters. The second-order valence-corrected chi connectivity index (χ2v) is 3.60. The van der Waals surface area contributed by atoms with Crippen LogP contribution in [-0.4, -0.2) is 6.54 Å². The summed E-state index contributed by atoms with van der Waals surface area (Å²) in [5.41, 5.74) is 0.738. The minimum Gasteiger partial charge on any atom is -0.310 e. The lowest BCUT2D eigenvalue weighted by Gasteiger charge is -2.17. The summed E-state index contributed by atoms with van der Waals surface area (Å²) < 4.78 is 13.6. The third-order valence-corrected chi connectivity index (χ3v) is 2.47. The van der Waals surface area contributed by atoms with Gasteiger partial charge in [-0.25, -0.2) is 4.39 Å². The number of hydrogen-bond donors (Lipinski definition) is 1. The number of rotatable bonds is 5. The summed E-state index contributed by atoms with van der Waals surface area (Å²) in [7, 11) is 0. The third-order valence-electron chi connectivity index (χ3n) is 2.47. The van der Waals surface area contributed by atoms with E-state index in [1.54, 1.807) is 6.07 Å². The predicted octanol–water partition coefficient (Wildman–Crippen LogP) is 3.28. The molecule has 2 heteroatoms. The molecule has 0 aromatic heterocycles. The van der Waals surface area contributed by atoms with Crippen LogP contribution in [0.1, 0.15) is 38.3 Å². The molecule has 0 bridgehead atoms. The Kier molecular flexibility index (Phi) is 5.60. The van der Waals surface area contributed by atoms with Gasteiger partial charge in [0.05, 0.1) is 0 Å². The van der Waals surface area contributed by atoms with Crippen molar-refractivity contribution < 1.29 is 4.39 Å². The summed E-state index contributed by atoms with van der Waals surface area (Å²) in [5.74, 6) is 5.73. The van der Waals surface area contributed by atoms with Gasteiger partial charge in [-0.05, 0) is 26.0 Å². The lowest BCUT2D eigenvalue weighted by molar-refractivity contribution is 0.490. The van der Waals surface area contributed by atoms with E-state index >= 15 is 0 Å². The van der Waals surface area contributed by atoms with Crippen molar-refractivity contribution in [2.24, 2.45) is 0 Å². The summed E-state index contributed by atoms with van der Waals surface area (Å²) >= 11 is 0. The van der Waals surface area contributed by atoms with Gasteiger partial charge in [0.25, 0.3) is 0 Å². The molecule has 0 radical (unpaired) electrons. The van der Waals surface area contributed by atoms with Crippen LogP contribution >= 0.6 is 0 Å². The van der Waals surface area contributed by atoms with Crippen molar-refractivity contribution in [3.63, 3.8) is 0 Å². The molecule has 0 heterocycles. The highest BCUT2D eigenvalue weighted by Gasteiger charge is 2.12. The smallest absolute Gasteiger partial charge is 0.127 e. The third kappa shape index (κ3) is 3.67. The molecule has 0 fully saturated rings. The zero-order chi connectivity index (χ0) is 11.8. The minimum atomic E-state index is -0.141. The average molecular weight is 219 g/mol. The molecular formula is C14H18FN. The Bertz CT molecular complexity index is 376. The zero-order valence-corrected chi connectivity index (χ0v) is 9.89. The van der Waals surface area contributed by atoms with Gasteiger partial charge in [-0.3, -0.25) is 0 Å². The number of benzene rings is 1. The van der Waals surface area contributed by atoms with Crippen LogP contribution in [0.25, 0.3) is 0 Å². The van der Waals surface area contributed by atoms with Gasteiger partial charge in [-0.1, -0.05) is 25.1 Å². The van der Waals surface area contributed by atoms with Gasteiger partial charge in [0, 0.05) is 18.0 Å². The van der Waals surface area contributed by atoms with Crippen molar-refractivity contribution in [1.29, 1.82) is 0 Å². The van der Waals surface area contributed by atoms with Crippen LogP contribution in [0.15, 0.2) is 24.3 Å². The van der Waals surface area contributed by atoms with Crippen LogP contribution in [0.2, 0.25) is 0 Å². The largest absolute Gasteiger partial charge is 0.310 e. The van der Waals surface area contributed by atoms with E-state index in [1.165, 1.54) is 6.07 Å². The summed E-state index contributed by atoms with van der Waals surface area (Å²) in [6.07, 6.45) is 1.64. The fourth-order valence-electron chi connectivity index (χ4n) is 1.71. The highest BCUT2D eigenvalue weighted by Crippen LogP contribution is 2.20. The lowest BCUT2D eigenvalue weighted by atomic mass is 10.0. The first-order valence-corrected chi connectivity index (χ1v) is 5.67. The summed E-state index contributed by atoms with van der Waals surface area (Å²) in [6, 6.07) is 6.99. The highest BCUT2D eigenvalue weighted by molar-refractivity contribution is 5.21. The number of nitrogens with one attached hydrogen (secondary N) is 1. The molecule has 1 aromatic carbocycles. The summed E-state index contributed by atoms with van der Waals surface area (Å²) in [4.78, 5) is 0. The molecule has 0 saturated heterocycles. The molecule has 1 atom stereocenters. The molecule has 1 rings (SSSR count). The monoisotopic (exact) mass is 219 g/mol. The summed E-state index contributed by atoms with van der Waals surface area (Å²) in [5, 5.41) is 3.29. The van der Waals surface area contributed by atoms with Gasteiger partial charge in [0.15, 0.2) is 0 Å². The van der Waals surface area contributed by atoms with Crippen LogP contribution < -0.4 is 5.32 Å². The molecular weight excluding hydrogens is 201 g/mol. The number of halogens is 1. The Morgan fingerprint density at radius 3 is 2.75 bits per heavy atom. The van der Waals surface area contributed by atoms with Crippen molar-refractivity contribution in [3.8, 4) is 11.8 Å². The van der Waals surface area contributed by atoms with Crippen molar-refractivity contribution in [2.45, 2.75) is 32.7 Å². The Morgan fingerprint density at radius 1 is 1.38 bits per heavy atom. The standard InChI is InChI=1S/C14H18FN/c1-3-5-6-11-14(16-4-2)12-9-7-8-10-13(12)15/h7-10,14,16H,4,6,11H2,1-2H3. The summed E-state index contributed by atoms with van der Waals surface area (Å²) in [6.45, 7) is 4.68. The minimum absolute atomic E-state index is 0.0621. The number of hydrogen-bond acceptors (Lipinski definition) is 1. The van der Waals surface area contributed by atoms with Crippen molar-refractivity contribution >= 4 is 0 Å². The molecule has 0 amide bonds. The maximum atomic E-state index is 13.6. The van der Waals surface area contributed by atoms with Gasteiger partial charge in [0.2, 0.25) is 0 Å². The van der Waals surface area contributed by atoms with Crippen molar-refractivity contribution in [1.82, 2.24) is 5.32 Å². The van der Waals surface area contributed by atoms with E-state index in [-0.39, 0.29) is 11.9 Å². The van der Waals surface area contributed by atoms with E-state index < -0.39 is 0 Å². The van der Waals surface area contributed by atoms with Crippen molar-refractivity contribution in [3.05, 3.63) is 35.6 Å². The van der Waals surface area contributed by atoms with E-state index in [9.17, 15) is 4.39 Å². The van der Waals surface area contributed by atoms with Gasteiger partial charge in [0.1, 0.15) is 5.82 Å². The molecule has 86 valence electrons. The van der Waals surface area contributed by atoms with Gasteiger partial charge in [-0.2, -0.15) is 0 Å². The highest BCUT2D eigenvalue weighted by atomic mass is 19.1. The topological polar surface area (TPSA) is 12.0 Å². The first-order chi connectivity index (χ1) is 7.79. The van der Waals surface area contributed by atoms with Crippen LogP contribution in [0.3, 0.4) is 0 Å². The maximum absolute atomic E-state index is 13.6. The predicted molar refractivity (Wildman–Crippen MR) is 65.5 cm³/mol. The van der Waals surface area contributed by atoms with E-state index in [4.69, 9.17) is 0 Å². The van der Waals surface area contributed by atoms with E-state index in [0.717, 1.165) is 24.9 Å². The molecule has 16 heavy (non-hydrogen) atoms. The second-order valence-electron chi connectivity index (χ2n) is 3.60. The van der Waals surface area contributed by atoms with Gasteiger partial charge >= 0.3 is 0 Å². The Morgan fingerprint density at radius 2 is 2.12 bits per heavy atom. The van der Waals surface area contributed by atoms with Gasteiger partial charge in [-0.15, -0.1) is 11.8 Å². The zero-order valence-electron chi connectivity index (χ0n) is 9.89. The molecule has 0 aliphatic rings. The Labute approximate surface area is 97.1 Å². The maximum Gasteiger partial charge on any atom is 0.127 e. The fourth-order valence-corrected chi connectivity index (χ4v) is 1.71. The van der Waals surface area contributed by atoms with Crippen LogP contribution in [-0.2, 0) is 0 Å². The SMILES string of the molecule is CC#CCCC(NCC)c1ccccc1F. The van der Waals surface area contributed by atoms with E-state index in [0.29, 0.717) is 0 Å². The van der Waals surface area contributed by atoms with E-state index in [1.807, 2.05) is 26.0 Å². The molecule has 1 nitrogen and oxygen atoms in total. The fraction of sp³-hybridized carbons (Fsp3) is 0.429. The molecule has 1 N–H and O–H groups in total. The van der Waals surface area contributed by atoms with Crippen LogP contribution in [0.5, 0.6) is 0 Å². The molecule has 0 aliphatic carbocycles. The second kappa shape index (κ2) is 7.03. The normalized spacial score (nSPS) is 11.7. The Balaban J connectivity index is 2.75. The first kappa shape index (κ1) is 12.7. The molecule has 0 aliphatic heterocycles. The van der Waals surface area contributed by atoms with Crippen LogP contribution in [0.4, 0.5) is 4.39 Å². The van der Waals surface area contributed by atoms with Crippen molar-refractivity contribution in [2.75, 3.05) is 6.54 Å². The Hall–Kier alpha value is -1.33. The van der Waals surface area contributed by atoms with Gasteiger partial charge < -0.3 is 5.32 Å². The molecule has 0 spiro atoms. The lowest BCUT2D eigenvalue weighted by Crippen LogP contribution is -2.21. The molecule has 1 aromatic rings. The average Bonchev–Trinajstić information content (AvgIpc) is 2.29. The first-order valence-electron chi connectivity index (χ1n) is 5.67.